The summed E-state index contributed by atoms with van der Waals surface area (Å²) in [6, 6.07) is 1.48. The number of ketones is 1. The zero-order valence-corrected chi connectivity index (χ0v) is 10.1. The molecule has 1 rings (SSSR count). The van der Waals surface area contributed by atoms with Gasteiger partial charge in [-0.15, -0.1) is 0 Å². The molecule has 0 spiro atoms. The van der Waals surface area contributed by atoms with Crippen molar-refractivity contribution < 1.29 is 14.6 Å². The molecule has 0 saturated heterocycles. The molecule has 0 atom stereocenters. The van der Waals surface area contributed by atoms with E-state index in [2.05, 4.69) is 15.9 Å². The van der Waals surface area contributed by atoms with E-state index in [-0.39, 0.29) is 23.8 Å². The Balaban J connectivity index is 3.45. The van der Waals surface area contributed by atoms with Gasteiger partial charge in [0.25, 0.3) is 0 Å². The zero-order chi connectivity index (χ0) is 11.6. The third-order valence-corrected chi connectivity index (χ3v) is 2.82. The average molecular weight is 274 g/mol. The van der Waals surface area contributed by atoms with Gasteiger partial charge in [0.1, 0.15) is 0 Å². The summed E-state index contributed by atoms with van der Waals surface area (Å²) < 4.78 is 5.42. The third-order valence-electron chi connectivity index (χ3n) is 2.07. The minimum absolute atomic E-state index is 0.00422. The molecule has 0 amide bonds. The molecular weight excluding hydrogens is 262 g/mol. The van der Waals surface area contributed by atoms with Crippen LogP contribution in [-0.2, 0) is 0 Å². The summed E-state index contributed by atoms with van der Waals surface area (Å²) in [6.07, 6.45) is 0. The standard InChI is InChI=1S/C10H12BrNO3/c1-5-3-6(13)10(15-2)9(11)8(5)7(14)4-12/h3,13H,4,12H2,1-2H3. The molecule has 1 aromatic rings. The minimum Gasteiger partial charge on any atom is -0.504 e. The van der Waals surface area contributed by atoms with Crippen LogP contribution in [0.3, 0.4) is 0 Å². The molecule has 0 radical (unpaired) electrons. The number of rotatable bonds is 3. The van der Waals surface area contributed by atoms with Gasteiger partial charge < -0.3 is 15.6 Å². The monoisotopic (exact) mass is 273 g/mol. The van der Waals surface area contributed by atoms with Crippen molar-refractivity contribution in [2.75, 3.05) is 13.7 Å². The molecule has 0 aliphatic carbocycles. The van der Waals surface area contributed by atoms with Crippen molar-refractivity contribution in [2.24, 2.45) is 5.73 Å². The Morgan fingerprint density at radius 2 is 2.27 bits per heavy atom. The maximum absolute atomic E-state index is 11.5. The number of hydrogen-bond acceptors (Lipinski definition) is 4. The minimum atomic E-state index is -0.197. The van der Waals surface area contributed by atoms with Crippen LogP contribution in [0.4, 0.5) is 0 Å². The van der Waals surface area contributed by atoms with Crippen LogP contribution in [0.2, 0.25) is 0 Å². The number of carbonyl (C=O) groups excluding carboxylic acids is 1. The van der Waals surface area contributed by atoms with Gasteiger partial charge in [0.05, 0.1) is 18.1 Å². The van der Waals surface area contributed by atoms with Crippen molar-refractivity contribution in [2.45, 2.75) is 6.92 Å². The van der Waals surface area contributed by atoms with Crippen molar-refractivity contribution in [3.8, 4) is 11.5 Å². The Hall–Kier alpha value is -1.07. The van der Waals surface area contributed by atoms with E-state index in [1.165, 1.54) is 13.2 Å². The topological polar surface area (TPSA) is 72.5 Å². The molecule has 5 heteroatoms. The summed E-state index contributed by atoms with van der Waals surface area (Å²) in [5.74, 6) is 0.0468. The van der Waals surface area contributed by atoms with Crippen molar-refractivity contribution >= 4 is 21.7 Å². The van der Waals surface area contributed by atoms with E-state index in [0.717, 1.165) is 0 Å². The number of phenols is 1. The molecule has 82 valence electrons. The first-order valence-electron chi connectivity index (χ1n) is 4.32. The number of Topliss-reactive ketones (excluding diaryl/α,β-unsaturated/α-hetero) is 1. The van der Waals surface area contributed by atoms with Gasteiger partial charge in [-0.05, 0) is 34.5 Å². The molecular formula is C10H12BrNO3. The highest BCUT2D eigenvalue weighted by atomic mass is 79.9. The number of ether oxygens (including phenoxy) is 1. The molecule has 0 bridgehead atoms. The lowest BCUT2D eigenvalue weighted by Crippen LogP contribution is -2.15. The lowest BCUT2D eigenvalue weighted by molar-refractivity contribution is 0.0999. The molecule has 15 heavy (non-hydrogen) atoms. The fourth-order valence-electron chi connectivity index (χ4n) is 1.38. The van der Waals surface area contributed by atoms with E-state index in [1.807, 2.05) is 0 Å². The summed E-state index contributed by atoms with van der Waals surface area (Å²) in [5.41, 5.74) is 6.41. The molecule has 0 aliphatic rings. The average Bonchev–Trinajstić information content (AvgIpc) is 2.17. The van der Waals surface area contributed by atoms with Gasteiger partial charge in [-0.2, -0.15) is 0 Å². The fourth-order valence-corrected chi connectivity index (χ4v) is 2.28. The molecule has 3 N–H and O–H groups in total. The van der Waals surface area contributed by atoms with Crippen molar-refractivity contribution in [1.82, 2.24) is 0 Å². The van der Waals surface area contributed by atoms with Gasteiger partial charge in [0, 0.05) is 5.56 Å². The Morgan fingerprint density at radius 3 is 2.73 bits per heavy atom. The third kappa shape index (κ3) is 2.13. The maximum atomic E-state index is 11.5. The van der Waals surface area contributed by atoms with E-state index in [0.29, 0.717) is 15.6 Å². The molecule has 0 aliphatic heterocycles. The number of halogens is 1. The summed E-state index contributed by atoms with van der Waals surface area (Å²) in [7, 11) is 1.42. The number of aryl methyl sites for hydroxylation is 1. The number of aromatic hydroxyl groups is 1. The number of nitrogens with two attached hydrogens (primary N) is 1. The van der Waals surface area contributed by atoms with Crippen LogP contribution in [-0.4, -0.2) is 24.5 Å². The highest BCUT2D eigenvalue weighted by Gasteiger charge is 2.18. The van der Waals surface area contributed by atoms with Gasteiger partial charge in [0.15, 0.2) is 17.3 Å². The quantitative estimate of drug-likeness (QED) is 0.821. The predicted molar refractivity (Wildman–Crippen MR) is 60.5 cm³/mol. The normalized spacial score (nSPS) is 10.1. The molecule has 0 aromatic heterocycles. The Morgan fingerprint density at radius 1 is 1.67 bits per heavy atom. The van der Waals surface area contributed by atoms with Gasteiger partial charge in [0.2, 0.25) is 0 Å². The van der Waals surface area contributed by atoms with Crippen molar-refractivity contribution in [3.63, 3.8) is 0 Å². The lowest BCUT2D eigenvalue weighted by Gasteiger charge is -2.12. The summed E-state index contributed by atoms with van der Waals surface area (Å²) in [4.78, 5) is 11.5. The van der Waals surface area contributed by atoms with E-state index >= 15 is 0 Å². The van der Waals surface area contributed by atoms with Gasteiger partial charge in [-0.3, -0.25) is 4.79 Å². The number of hydrogen-bond donors (Lipinski definition) is 2. The van der Waals surface area contributed by atoms with Crippen LogP contribution in [0.5, 0.6) is 11.5 Å². The van der Waals surface area contributed by atoms with Gasteiger partial charge in [-0.25, -0.2) is 0 Å². The molecule has 0 unspecified atom stereocenters. The number of benzene rings is 1. The number of carbonyl (C=O) groups is 1. The summed E-state index contributed by atoms with van der Waals surface area (Å²) >= 11 is 3.22. The number of phenolic OH excluding ortho intramolecular Hbond substituents is 1. The Kier molecular flexibility index (Phi) is 3.71. The summed E-state index contributed by atoms with van der Waals surface area (Å²) in [5, 5.41) is 9.55. The van der Waals surface area contributed by atoms with Crippen LogP contribution < -0.4 is 10.5 Å². The molecule has 1 aromatic carbocycles. The predicted octanol–water partition coefficient (Wildman–Crippen LogP) is 1.61. The van der Waals surface area contributed by atoms with Crippen LogP contribution in [0, 0.1) is 6.92 Å². The van der Waals surface area contributed by atoms with E-state index in [4.69, 9.17) is 10.5 Å². The number of methoxy groups -OCH3 is 1. The Labute approximate surface area is 96.2 Å². The second-order valence-corrected chi connectivity index (χ2v) is 3.86. The smallest absolute Gasteiger partial charge is 0.177 e. The molecule has 0 heterocycles. The van der Waals surface area contributed by atoms with Crippen LogP contribution in [0.1, 0.15) is 15.9 Å². The van der Waals surface area contributed by atoms with Gasteiger partial charge in [-0.1, -0.05) is 0 Å². The van der Waals surface area contributed by atoms with Gasteiger partial charge >= 0.3 is 0 Å². The Bertz CT molecular complexity index is 404. The molecule has 0 fully saturated rings. The van der Waals surface area contributed by atoms with Crippen molar-refractivity contribution in [1.29, 1.82) is 0 Å². The maximum Gasteiger partial charge on any atom is 0.177 e. The molecule has 0 saturated carbocycles. The second-order valence-electron chi connectivity index (χ2n) is 3.06. The first-order chi connectivity index (χ1) is 7.02. The second kappa shape index (κ2) is 4.63. The highest BCUT2D eigenvalue weighted by Crippen LogP contribution is 2.38. The van der Waals surface area contributed by atoms with Crippen molar-refractivity contribution in [3.05, 3.63) is 21.7 Å². The largest absolute Gasteiger partial charge is 0.504 e. The van der Waals surface area contributed by atoms with E-state index in [1.54, 1.807) is 6.92 Å². The first kappa shape index (κ1) is 12.0. The van der Waals surface area contributed by atoms with Crippen LogP contribution in [0.25, 0.3) is 0 Å². The lowest BCUT2D eigenvalue weighted by atomic mass is 10.0. The fraction of sp³-hybridized carbons (Fsp3) is 0.300. The zero-order valence-electron chi connectivity index (χ0n) is 8.50. The SMILES string of the molecule is COc1c(O)cc(C)c(C(=O)CN)c1Br. The van der Waals surface area contributed by atoms with Crippen LogP contribution >= 0.6 is 15.9 Å². The first-order valence-corrected chi connectivity index (χ1v) is 5.11. The van der Waals surface area contributed by atoms with E-state index < -0.39 is 0 Å². The molecule has 4 nitrogen and oxygen atoms in total. The van der Waals surface area contributed by atoms with E-state index in [9.17, 15) is 9.90 Å². The highest BCUT2D eigenvalue weighted by molar-refractivity contribution is 9.10. The summed E-state index contributed by atoms with van der Waals surface area (Å²) in [6.45, 7) is 1.65. The van der Waals surface area contributed by atoms with Crippen LogP contribution in [0.15, 0.2) is 10.5 Å².